The number of rotatable bonds is 3. The Morgan fingerprint density at radius 2 is 1.84 bits per heavy atom. The molecule has 1 aromatic rings. The number of aliphatic hydroxyl groups is 3. The molecule has 0 spiro atoms. The minimum absolute atomic E-state index is 0.0904. The molecule has 4 rings (SSSR count). The summed E-state index contributed by atoms with van der Waals surface area (Å²) in [5, 5.41) is 43.3. The van der Waals surface area contributed by atoms with Crippen molar-refractivity contribution in [2.75, 3.05) is 14.1 Å². The standard InChI is InChI=1S/C23H25NO7/c1-10(25)17-16(27)8-13-6-12-7-14-11(9-24(2)3)4-5-15(26)19(14)20(28)18(12)22(30)23(13,31)21(17)29/h4-5,12-13,26,28-29,31H,6-9H2,1-3H3/t12-,13+,23-/m1/s1. The first-order chi connectivity index (χ1) is 14.5. The SMILES string of the molecule is CC(=O)C1=C(O)[C@@]2(O)C(=O)C3=C(O)c4c(O)ccc(CN(C)C)c4C[C@H]3C[C@H]2CC1=O. The van der Waals surface area contributed by atoms with Crippen LogP contribution in [0.15, 0.2) is 29.0 Å². The summed E-state index contributed by atoms with van der Waals surface area (Å²) in [6.07, 6.45) is 0.255. The Morgan fingerprint density at radius 1 is 1.16 bits per heavy atom. The molecular formula is C23H25NO7. The van der Waals surface area contributed by atoms with Gasteiger partial charge in [-0.05, 0) is 57.0 Å². The van der Waals surface area contributed by atoms with Crippen molar-refractivity contribution in [2.45, 2.75) is 38.3 Å². The fraction of sp³-hybridized carbons (Fsp3) is 0.435. The topological polar surface area (TPSA) is 135 Å². The van der Waals surface area contributed by atoms with Gasteiger partial charge in [-0.3, -0.25) is 14.4 Å². The van der Waals surface area contributed by atoms with Gasteiger partial charge in [-0.1, -0.05) is 6.07 Å². The van der Waals surface area contributed by atoms with Crippen molar-refractivity contribution < 1.29 is 34.8 Å². The van der Waals surface area contributed by atoms with Gasteiger partial charge in [0.1, 0.15) is 22.8 Å². The van der Waals surface area contributed by atoms with E-state index in [1.54, 1.807) is 6.07 Å². The molecule has 0 bridgehead atoms. The van der Waals surface area contributed by atoms with Gasteiger partial charge in [0.15, 0.2) is 17.2 Å². The number of hydrogen-bond acceptors (Lipinski definition) is 8. The van der Waals surface area contributed by atoms with Crippen LogP contribution in [0.5, 0.6) is 5.75 Å². The van der Waals surface area contributed by atoms with Crippen LogP contribution in [-0.4, -0.2) is 62.4 Å². The first-order valence-electron chi connectivity index (χ1n) is 10.1. The van der Waals surface area contributed by atoms with Crippen LogP contribution >= 0.6 is 0 Å². The molecule has 3 atom stereocenters. The van der Waals surface area contributed by atoms with Crippen molar-refractivity contribution in [2.24, 2.45) is 11.8 Å². The largest absolute Gasteiger partial charge is 0.508 e. The minimum Gasteiger partial charge on any atom is -0.508 e. The summed E-state index contributed by atoms with van der Waals surface area (Å²) >= 11 is 0. The molecule has 1 saturated carbocycles. The predicted octanol–water partition coefficient (Wildman–Crippen LogP) is 1.59. The van der Waals surface area contributed by atoms with Gasteiger partial charge in [0.25, 0.3) is 0 Å². The lowest BCUT2D eigenvalue weighted by atomic mass is 9.59. The predicted molar refractivity (Wildman–Crippen MR) is 110 cm³/mol. The Morgan fingerprint density at radius 3 is 2.45 bits per heavy atom. The molecule has 164 valence electrons. The Hall–Kier alpha value is -2.97. The normalized spacial score (nSPS) is 27.9. The van der Waals surface area contributed by atoms with Gasteiger partial charge in [0.05, 0.1) is 5.56 Å². The number of fused-ring (bicyclic) bond motifs is 3. The second-order valence-corrected chi connectivity index (χ2v) is 8.93. The molecule has 0 aliphatic heterocycles. The van der Waals surface area contributed by atoms with Crippen LogP contribution in [0.4, 0.5) is 0 Å². The molecule has 1 aromatic carbocycles. The van der Waals surface area contributed by atoms with E-state index >= 15 is 0 Å². The van der Waals surface area contributed by atoms with E-state index in [-0.39, 0.29) is 29.7 Å². The number of Topliss-reactive ketones (excluding diaryl/α,β-unsaturated/α-hetero) is 3. The zero-order chi connectivity index (χ0) is 22.8. The highest BCUT2D eigenvalue weighted by molar-refractivity contribution is 6.23. The average Bonchev–Trinajstić information content (AvgIpc) is 2.66. The fourth-order valence-electron chi connectivity index (χ4n) is 5.28. The van der Waals surface area contributed by atoms with E-state index in [9.17, 15) is 34.8 Å². The first-order valence-corrected chi connectivity index (χ1v) is 10.1. The lowest BCUT2D eigenvalue weighted by molar-refractivity contribution is -0.147. The zero-order valence-electron chi connectivity index (χ0n) is 17.6. The molecule has 0 heterocycles. The van der Waals surface area contributed by atoms with E-state index in [4.69, 9.17) is 0 Å². The van der Waals surface area contributed by atoms with Gasteiger partial charge < -0.3 is 25.3 Å². The number of phenolic OH excluding ortho intramolecular Hbond substituents is 1. The van der Waals surface area contributed by atoms with Crippen LogP contribution < -0.4 is 0 Å². The summed E-state index contributed by atoms with van der Waals surface area (Å²) in [4.78, 5) is 39.7. The molecule has 0 aromatic heterocycles. The van der Waals surface area contributed by atoms with E-state index in [2.05, 4.69) is 0 Å². The maximum absolute atomic E-state index is 13.4. The molecular weight excluding hydrogens is 402 g/mol. The summed E-state index contributed by atoms with van der Waals surface area (Å²) in [5.74, 6) is -5.24. The van der Waals surface area contributed by atoms with Gasteiger partial charge >= 0.3 is 0 Å². The second-order valence-electron chi connectivity index (χ2n) is 8.93. The smallest absolute Gasteiger partial charge is 0.202 e. The van der Waals surface area contributed by atoms with Gasteiger partial charge in [0, 0.05) is 24.5 Å². The Balaban J connectivity index is 1.91. The number of allylic oxidation sites excluding steroid dienone is 1. The van der Waals surface area contributed by atoms with Crippen molar-refractivity contribution in [3.63, 3.8) is 0 Å². The number of phenols is 1. The third-order valence-electron chi connectivity index (χ3n) is 6.64. The lowest BCUT2D eigenvalue weighted by Gasteiger charge is -2.46. The van der Waals surface area contributed by atoms with Gasteiger partial charge in [-0.2, -0.15) is 0 Å². The third kappa shape index (κ3) is 2.93. The molecule has 31 heavy (non-hydrogen) atoms. The van der Waals surface area contributed by atoms with Crippen molar-refractivity contribution in [3.8, 4) is 5.75 Å². The fourth-order valence-corrected chi connectivity index (χ4v) is 5.28. The molecule has 1 fully saturated rings. The molecule has 8 heteroatoms. The van der Waals surface area contributed by atoms with Crippen molar-refractivity contribution in [3.05, 3.63) is 45.7 Å². The van der Waals surface area contributed by atoms with Gasteiger partial charge in [0.2, 0.25) is 5.78 Å². The Labute approximate surface area is 179 Å². The second kappa shape index (κ2) is 7.03. The van der Waals surface area contributed by atoms with Crippen molar-refractivity contribution in [1.29, 1.82) is 0 Å². The summed E-state index contributed by atoms with van der Waals surface area (Å²) in [6, 6.07) is 3.22. The Kier molecular flexibility index (Phi) is 4.83. The molecule has 0 radical (unpaired) electrons. The van der Waals surface area contributed by atoms with Crippen LogP contribution in [-0.2, 0) is 27.3 Å². The molecule has 8 nitrogen and oxygen atoms in total. The van der Waals surface area contributed by atoms with Crippen molar-refractivity contribution in [1.82, 2.24) is 4.90 Å². The van der Waals surface area contributed by atoms with Gasteiger partial charge in [-0.15, -0.1) is 0 Å². The number of hydrogen-bond donors (Lipinski definition) is 4. The Bertz CT molecular complexity index is 1100. The highest BCUT2D eigenvalue weighted by Crippen LogP contribution is 2.52. The highest BCUT2D eigenvalue weighted by atomic mass is 16.3. The summed E-state index contributed by atoms with van der Waals surface area (Å²) in [7, 11) is 3.78. The number of carbonyl (C=O) groups is 3. The number of benzene rings is 1. The maximum Gasteiger partial charge on any atom is 0.202 e. The average molecular weight is 427 g/mol. The van der Waals surface area contributed by atoms with Crippen LogP contribution in [0.3, 0.4) is 0 Å². The van der Waals surface area contributed by atoms with Crippen LogP contribution in [0.25, 0.3) is 5.76 Å². The van der Waals surface area contributed by atoms with E-state index in [1.807, 2.05) is 19.0 Å². The lowest BCUT2D eigenvalue weighted by Crippen LogP contribution is -2.57. The summed E-state index contributed by atoms with van der Waals surface area (Å²) < 4.78 is 0. The number of ketones is 3. The number of aliphatic hydroxyl groups excluding tert-OH is 2. The summed E-state index contributed by atoms with van der Waals surface area (Å²) in [5.41, 5.74) is -1.38. The summed E-state index contributed by atoms with van der Waals surface area (Å²) in [6.45, 7) is 1.64. The van der Waals surface area contributed by atoms with Gasteiger partial charge in [-0.25, -0.2) is 0 Å². The maximum atomic E-state index is 13.4. The van der Waals surface area contributed by atoms with E-state index in [0.29, 0.717) is 18.5 Å². The minimum atomic E-state index is -2.46. The van der Waals surface area contributed by atoms with Crippen LogP contribution in [0.2, 0.25) is 0 Å². The quantitative estimate of drug-likeness (QED) is 0.534. The highest BCUT2D eigenvalue weighted by Gasteiger charge is 2.60. The molecule has 0 saturated heterocycles. The number of carbonyl (C=O) groups excluding carboxylic acids is 3. The molecule has 0 amide bonds. The molecule has 3 aliphatic carbocycles. The first kappa shape index (κ1) is 21.3. The van der Waals surface area contributed by atoms with Crippen LogP contribution in [0.1, 0.15) is 36.5 Å². The molecule has 0 unspecified atom stereocenters. The number of nitrogens with zero attached hydrogens (tertiary/aromatic N) is 1. The van der Waals surface area contributed by atoms with E-state index < -0.39 is 51.9 Å². The zero-order valence-corrected chi connectivity index (χ0v) is 17.6. The van der Waals surface area contributed by atoms with Crippen LogP contribution in [0, 0.1) is 11.8 Å². The number of aromatic hydroxyl groups is 1. The third-order valence-corrected chi connectivity index (χ3v) is 6.64. The molecule has 3 aliphatic rings. The van der Waals surface area contributed by atoms with Crippen molar-refractivity contribution >= 4 is 23.1 Å². The monoisotopic (exact) mass is 427 g/mol. The van der Waals surface area contributed by atoms with E-state index in [1.165, 1.54) is 6.07 Å². The molecule has 4 N–H and O–H groups in total. The van der Waals surface area contributed by atoms with E-state index in [0.717, 1.165) is 12.5 Å².